The second-order valence-corrected chi connectivity index (χ2v) is 7.09. The normalized spacial score (nSPS) is 23.7. The van der Waals surface area contributed by atoms with Crippen LogP contribution in [0, 0.1) is 24.2 Å². The average Bonchev–Trinajstić information content (AvgIpc) is 2.38. The van der Waals surface area contributed by atoms with Gasteiger partial charge >= 0.3 is 0 Å². The second-order valence-electron chi connectivity index (χ2n) is 7.09. The van der Waals surface area contributed by atoms with E-state index in [1.54, 1.807) is 0 Å². The summed E-state index contributed by atoms with van der Waals surface area (Å²) in [6.07, 6.45) is 2.17. The van der Waals surface area contributed by atoms with Crippen LogP contribution in [-0.2, 0) is 4.79 Å². The van der Waals surface area contributed by atoms with Crippen molar-refractivity contribution in [1.82, 2.24) is 0 Å². The highest BCUT2D eigenvalue weighted by atomic mass is 16.1. The molecule has 0 bridgehead atoms. The summed E-state index contributed by atoms with van der Waals surface area (Å²) < 4.78 is 0. The Labute approximate surface area is 121 Å². The first kappa shape index (κ1) is 15.0. The van der Waals surface area contributed by atoms with E-state index in [0.717, 1.165) is 12.0 Å². The van der Waals surface area contributed by atoms with Gasteiger partial charge < -0.3 is 0 Å². The molecule has 2 unspecified atom stereocenters. The zero-order valence-electron chi connectivity index (χ0n) is 12.9. The number of ketones is 2. The van der Waals surface area contributed by atoms with E-state index in [9.17, 15) is 9.59 Å². The van der Waals surface area contributed by atoms with Crippen molar-refractivity contribution < 1.29 is 9.59 Å². The molecule has 1 aromatic carbocycles. The molecule has 0 aliphatic heterocycles. The Morgan fingerprint density at radius 2 is 1.75 bits per heavy atom. The van der Waals surface area contributed by atoms with Crippen molar-refractivity contribution in [2.45, 2.75) is 47.0 Å². The van der Waals surface area contributed by atoms with Crippen LogP contribution in [0.1, 0.15) is 56.0 Å². The van der Waals surface area contributed by atoms with Gasteiger partial charge in [-0.2, -0.15) is 0 Å². The van der Waals surface area contributed by atoms with E-state index in [1.807, 2.05) is 31.2 Å². The van der Waals surface area contributed by atoms with Crippen LogP contribution in [0.3, 0.4) is 0 Å². The van der Waals surface area contributed by atoms with Crippen molar-refractivity contribution in [2.24, 2.45) is 17.3 Å². The predicted molar refractivity (Wildman–Crippen MR) is 80.8 cm³/mol. The predicted octanol–water partition coefficient (Wildman–Crippen LogP) is 4.21. The highest BCUT2D eigenvalue weighted by Gasteiger charge is 2.38. The molecule has 0 spiro atoms. The van der Waals surface area contributed by atoms with E-state index in [-0.39, 0.29) is 17.0 Å². The van der Waals surface area contributed by atoms with Crippen molar-refractivity contribution in [3.8, 4) is 0 Å². The molecule has 2 nitrogen and oxygen atoms in total. The van der Waals surface area contributed by atoms with Crippen LogP contribution in [0.25, 0.3) is 0 Å². The molecule has 0 radical (unpaired) electrons. The van der Waals surface area contributed by atoms with Gasteiger partial charge in [-0.3, -0.25) is 9.59 Å². The summed E-state index contributed by atoms with van der Waals surface area (Å²) >= 11 is 0. The fourth-order valence-corrected chi connectivity index (χ4v) is 2.98. The largest absolute Gasteiger partial charge is 0.299 e. The van der Waals surface area contributed by atoms with Gasteiger partial charge in [0, 0.05) is 12.0 Å². The maximum Gasteiger partial charge on any atom is 0.173 e. The molecule has 2 rings (SSSR count). The minimum absolute atomic E-state index is 0.00366. The first-order valence-electron chi connectivity index (χ1n) is 7.42. The molecule has 1 aromatic rings. The summed E-state index contributed by atoms with van der Waals surface area (Å²) in [5.41, 5.74) is 1.96. The van der Waals surface area contributed by atoms with Crippen LogP contribution in [0.15, 0.2) is 24.3 Å². The number of Topliss-reactive ketones (excluding diaryl/α,β-unsaturated/α-hetero) is 2. The van der Waals surface area contributed by atoms with Crippen molar-refractivity contribution in [3.63, 3.8) is 0 Å². The molecule has 1 aliphatic rings. The maximum atomic E-state index is 12.6. The molecule has 1 saturated carbocycles. The zero-order chi connectivity index (χ0) is 14.9. The van der Waals surface area contributed by atoms with Crippen molar-refractivity contribution in [3.05, 3.63) is 35.4 Å². The van der Waals surface area contributed by atoms with Crippen LogP contribution < -0.4 is 0 Å². The fraction of sp³-hybridized carbons (Fsp3) is 0.556. The maximum absolute atomic E-state index is 12.6. The molecule has 0 amide bonds. The van der Waals surface area contributed by atoms with E-state index in [2.05, 4.69) is 20.8 Å². The molecule has 2 heteroatoms. The minimum atomic E-state index is -0.435. The summed E-state index contributed by atoms with van der Waals surface area (Å²) in [7, 11) is 0. The van der Waals surface area contributed by atoms with Crippen LogP contribution in [-0.4, -0.2) is 11.6 Å². The monoisotopic (exact) mass is 272 g/mol. The molecule has 0 heterocycles. The molecular weight excluding hydrogens is 248 g/mol. The number of hydrogen-bond acceptors (Lipinski definition) is 2. The molecular formula is C18H24O2. The van der Waals surface area contributed by atoms with Gasteiger partial charge in [0.25, 0.3) is 0 Å². The number of benzene rings is 1. The van der Waals surface area contributed by atoms with E-state index in [4.69, 9.17) is 0 Å². The Morgan fingerprint density at radius 3 is 2.30 bits per heavy atom. The molecule has 2 atom stereocenters. The molecule has 1 aliphatic carbocycles. The highest BCUT2D eigenvalue weighted by Crippen LogP contribution is 2.39. The lowest BCUT2D eigenvalue weighted by Gasteiger charge is -2.36. The van der Waals surface area contributed by atoms with Gasteiger partial charge in [0.1, 0.15) is 5.78 Å². The molecule has 20 heavy (non-hydrogen) atoms. The van der Waals surface area contributed by atoms with E-state index < -0.39 is 5.92 Å². The SMILES string of the molecule is Cc1ccc(C(=O)C2CC(C(C)(C)C)CCC2=O)cc1. The minimum Gasteiger partial charge on any atom is -0.299 e. The van der Waals surface area contributed by atoms with E-state index in [0.29, 0.717) is 24.3 Å². The van der Waals surface area contributed by atoms with Crippen LogP contribution in [0.2, 0.25) is 0 Å². The molecule has 0 aromatic heterocycles. The Kier molecular flexibility index (Phi) is 4.12. The van der Waals surface area contributed by atoms with Crippen molar-refractivity contribution in [1.29, 1.82) is 0 Å². The third-order valence-electron chi connectivity index (χ3n) is 4.53. The van der Waals surface area contributed by atoms with Gasteiger partial charge in [0.05, 0.1) is 5.92 Å². The molecule has 0 saturated heterocycles. The smallest absolute Gasteiger partial charge is 0.173 e. The molecule has 0 N–H and O–H groups in total. The van der Waals surface area contributed by atoms with Gasteiger partial charge in [0.15, 0.2) is 5.78 Å². The van der Waals surface area contributed by atoms with Crippen LogP contribution in [0.5, 0.6) is 0 Å². The molecule has 108 valence electrons. The number of carbonyl (C=O) groups is 2. The van der Waals surface area contributed by atoms with Crippen LogP contribution >= 0.6 is 0 Å². The van der Waals surface area contributed by atoms with Gasteiger partial charge in [-0.05, 0) is 31.1 Å². The lowest BCUT2D eigenvalue weighted by atomic mass is 9.67. The number of rotatable bonds is 2. The van der Waals surface area contributed by atoms with Gasteiger partial charge in [-0.25, -0.2) is 0 Å². The lowest BCUT2D eigenvalue weighted by Crippen LogP contribution is -2.36. The summed E-state index contributed by atoms with van der Waals surface area (Å²) in [6, 6.07) is 7.54. The highest BCUT2D eigenvalue weighted by molar-refractivity contribution is 6.11. The third kappa shape index (κ3) is 3.17. The summed E-state index contributed by atoms with van der Waals surface area (Å²) in [5, 5.41) is 0. The first-order valence-corrected chi connectivity index (χ1v) is 7.42. The molecule has 1 fully saturated rings. The van der Waals surface area contributed by atoms with E-state index in [1.165, 1.54) is 0 Å². The van der Waals surface area contributed by atoms with Crippen molar-refractivity contribution >= 4 is 11.6 Å². The standard InChI is InChI=1S/C18H24O2/c1-12-5-7-13(8-6-12)17(20)15-11-14(18(2,3)4)9-10-16(15)19/h5-8,14-15H,9-11H2,1-4H3. The second kappa shape index (κ2) is 5.51. The average molecular weight is 272 g/mol. The van der Waals surface area contributed by atoms with Gasteiger partial charge in [0.2, 0.25) is 0 Å². The Balaban J connectivity index is 2.19. The Morgan fingerprint density at radius 1 is 1.15 bits per heavy atom. The summed E-state index contributed by atoms with van der Waals surface area (Å²) in [6.45, 7) is 8.58. The zero-order valence-corrected chi connectivity index (χ0v) is 12.9. The van der Waals surface area contributed by atoms with Gasteiger partial charge in [-0.1, -0.05) is 50.6 Å². The fourth-order valence-electron chi connectivity index (χ4n) is 2.98. The number of hydrogen-bond donors (Lipinski definition) is 0. The van der Waals surface area contributed by atoms with Crippen LogP contribution in [0.4, 0.5) is 0 Å². The number of carbonyl (C=O) groups excluding carboxylic acids is 2. The topological polar surface area (TPSA) is 34.1 Å². The first-order chi connectivity index (χ1) is 9.29. The number of aryl methyl sites for hydroxylation is 1. The third-order valence-corrected chi connectivity index (χ3v) is 4.53. The Bertz CT molecular complexity index is 505. The summed E-state index contributed by atoms with van der Waals surface area (Å²) in [4.78, 5) is 24.7. The lowest BCUT2D eigenvalue weighted by molar-refractivity contribution is -0.124. The van der Waals surface area contributed by atoms with Gasteiger partial charge in [-0.15, -0.1) is 0 Å². The van der Waals surface area contributed by atoms with E-state index >= 15 is 0 Å². The quantitative estimate of drug-likeness (QED) is 0.597. The Hall–Kier alpha value is -1.44. The van der Waals surface area contributed by atoms with Crippen molar-refractivity contribution in [2.75, 3.05) is 0 Å². The summed E-state index contributed by atoms with van der Waals surface area (Å²) in [5.74, 6) is 0.135.